The van der Waals surface area contributed by atoms with Crippen molar-refractivity contribution in [1.82, 2.24) is 5.32 Å². The Hall–Kier alpha value is -1.10. The highest BCUT2D eigenvalue weighted by molar-refractivity contribution is 9.10. The van der Waals surface area contributed by atoms with Gasteiger partial charge in [0.15, 0.2) is 0 Å². The Balaban J connectivity index is 2.20. The zero-order chi connectivity index (χ0) is 15.2. The molecule has 2 nitrogen and oxygen atoms in total. The number of hydrogen-bond acceptors (Lipinski definition) is 2. The van der Waals surface area contributed by atoms with Gasteiger partial charge in [0.2, 0.25) is 0 Å². The molecular weight excluding hydrogens is 357 g/mol. The lowest BCUT2D eigenvalue weighted by Gasteiger charge is -2.12. The summed E-state index contributed by atoms with van der Waals surface area (Å²) >= 11 is 9.10. The Morgan fingerprint density at radius 2 is 2.05 bits per heavy atom. The summed E-state index contributed by atoms with van der Waals surface area (Å²) in [5.41, 5.74) is 1.02. The molecule has 0 aromatic heterocycles. The number of benzene rings is 2. The molecule has 0 amide bonds. The molecule has 0 spiro atoms. The molecule has 0 radical (unpaired) electrons. The fourth-order valence-electron chi connectivity index (χ4n) is 1.84. The first-order valence-electron chi connectivity index (χ1n) is 6.72. The molecule has 2 aromatic carbocycles. The average molecular weight is 373 g/mol. The first-order chi connectivity index (χ1) is 10.1. The summed E-state index contributed by atoms with van der Waals surface area (Å²) in [5.74, 6) is 0.622. The Bertz CT molecular complexity index is 621. The molecule has 0 aliphatic rings. The summed E-state index contributed by atoms with van der Waals surface area (Å²) in [6.45, 7) is 3.75. The van der Waals surface area contributed by atoms with E-state index in [9.17, 15) is 4.39 Å². The maximum Gasteiger partial charge on any atom is 0.145 e. The molecule has 1 N–H and O–H groups in total. The van der Waals surface area contributed by atoms with Crippen molar-refractivity contribution in [3.63, 3.8) is 0 Å². The van der Waals surface area contributed by atoms with E-state index in [2.05, 4.69) is 28.2 Å². The first-order valence-corrected chi connectivity index (χ1v) is 7.89. The molecule has 0 aliphatic heterocycles. The lowest BCUT2D eigenvalue weighted by Crippen LogP contribution is -2.14. The summed E-state index contributed by atoms with van der Waals surface area (Å²) in [6.07, 6.45) is 1.06. The van der Waals surface area contributed by atoms with Crippen LogP contribution >= 0.6 is 27.5 Å². The SMILES string of the molecule is CCCNCc1ccc(Br)cc1Oc1ccc(Cl)c(F)c1. The van der Waals surface area contributed by atoms with Crippen LogP contribution in [0.15, 0.2) is 40.9 Å². The second-order valence-electron chi connectivity index (χ2n) is 4.61. The van der Waals surface area contributed by atoms with Gasteiger partial charge in [-0.3, -0.25) is 0 Å². The molecule has 0 saturated carbocycles. The highest BCUT2D eigenvalue weighted by Crippen LogP contribution is 2.30. The molecule has 2 aromatic rings. The van der Waals surface area contributed by atoms with Crippen LogP contribution in [-0.4, -0.2) is 6.54 Å². The monoisotopic (exact) mass is 371 g/mol. The Labute approximate surface area is 137 Å². The van der Waals surface area contributed by atoms with E-state index < -0.39 is 5.82 Å². The van der Waals surface area contributed by atoms with Crippen molar-refractivity contribution in [2.24, 2.45) is 0 Å². The Morgan fingerprint density at radius 3 is 2.76 bits per heavy atom. The fraction of sp³-hybridized carbons (Fsp3) is 0.250. The third-order valence-electron chi connectivity index (χ3n) is 2.89. The number of ether oxygens (including phenoxy) is 1. The smallest absolute Gasteiger partial charge is 0.145 e. The van der Waals surface area contributed by atoms with Gasteiger partial charge >= 0.3 is 0 Å². The van der Waals surface area contributed by atoms with Crippen molar-refractivity contribution in [2.45, 2.75) is 19.9 Å². The third-order valence-corrected chi connectivity index (χ3v) is 3.69. The normalized spacial score (nSPS) is 10.7. The van der Waals surface area contributed by atoms with Crippen LogP contribution in [0.5, 0.6) is 11.5 Å². The quantitative estimate of drug-likeness (QED) is 0.673. The zero-order valence-electron chi connectivity index (χ0n) is 11.6. The van der Waals surface area contributed by atoms with Gasteiger partial charge in [0.05, 0.1) is 5.02 Å². The van der Waals surface area contributed by atoms with Gasteiger partial charge in [-0.05, 0) is 37.2 Å². The van der Waals surface area contributed by atoms with E-state index in [0.29, 0.717) is 18.0 Å². The van der Waals surface area contributed by atoms with Gasteiger partial charge in [0, 0.05) is 22.6 Å². The highest BCUT2D eigenvalue weighted by atomic mass is 79.9. The summed E-state index contributed by atoms with van der Waals surface area (Å²) in [7, 11) is 0. The molecule has 0 bridgehead atoms. The predicted octanol–water partition coefficient (Wildman–Crippen LogP) is 5.53. The minimum atomic E-state index is -0.491. The molecule has 112 valence electrons. The van der Waals surface area contributed by atoms with Crippen molar-refractivity contribution in [3.05, 3.63) is 57.3 Å². The Kier molecular flexibility index (Phi) is 6.03. The first kappa shape index (κ1) is 16.3. The van der Waals surface area contributed by atoms with Crippen LogP contribution in [0.2, 0.25) is 5.02 Å². The molecule has 5 heteroatoms. The summed E-state index contributed by atoms with van der Waals surface area (Å²) < 4.78 is 20.2. The Morgan fingerprint density at radius 1 is 1.24 bits per heavy atom. The van der Waals surface area contributed by atoms with Crippen LogP contribution in [0, 0.1) is 5.82 Å². The van der Waals surface area contributed by atoms with Gasteiger partial charge in [0.25, 0.3) is 0 Å². The largest absolute Gasteiger partial charge is 0.457 e. The average Bonchev–Trinajstić information content (AvgIpc) is 2.45. The van der Waals surface area contributed by atoms with Crippen molar-refractivity contribution in [1.29, 1.82) is 0 Å². The molecule has 0 saturated heterocycles. The zero-order valence-corrected chi connectivity index (χ0v) is 14.0. The number of nitrogens with one attached hydrogen (secondary N) is 1. The molecular formula is C16H16BrClFNO. The van der Waals surface area contributed by atoms with Crippen LogP contribution in [0.3, 0.4) is 0 Å². The van der Waals surface area contributed by atoms with Crippen LogP contribution in [-0.2, 0) is 6.54 Å². The van der Waals surface area contributed by atoms with E-state index in [4.69, 9.17) is 16.3 Å². The highest BCUT2D eigenvalue weighted by Gasteiger charge is 2.08. The van der Waals surface area contributed by atoms with E-state index in [1.54, 1.807) is 6.07 Å². The van der Waals surface area contributed by atoms with Crippen molar-refractivity contribution >= 4 is 27.5 Å². The van der Waals surface area contributed by atoms with Crippen LogP contribution in [0.25, 0.3) is 0 Å². The molecule has 2 rings (SSSR count). The third kappa shape index (κ3) is 4.70. The molecule has 21 heavy (non-hydrogen) atoms. The van der Waals surface area contributed by atoms with Gasteiger partial charge < -0.3 is 10.1 Å². The van der Waals surface area contributed by atoms with Crippen molar-refractivity contribution in [3.8, 4) is 11.5 Å². The predicted molar refractivity (Wildman–Crippen MR) is 87.6 cm³/mol. The molecule has 0 atom stereocenters. The maximum absolute atomic E-state index is 13.5. The maximum atomic E-state index is 13.5. The summed E-state index contributed by atoms with van der Waals surface area (Å²) in [5, 5.41) is 3.41. The minimum absolute atomic E-state index is 0.0847. The van der Waals surface area contributed by atoms with Crippen molar-refractivity contribution < 1.29 is 9.13 Å². The van der Waals surface area contributed by atoms with Crippen LogP contribution in [0.4, 0.5) is 4.39 Å². The lowest BCUT2D eigenvalue weighted by atomic mass is 10.2. The van der Waals surface area contributed by atoms with E-state index in [1.807, 2.05) is 18.2 Å². The van der Waals surface area contributed by atoms with E-state index in [-0.39, 0.29) is 5.02 Å². The second-order valence-corrected chi connectivity index (χ2v) is 5.93. The van der Waals surface area contributed by atoms with Crippen LogP contribution < -0.4 is 10.1 Å². The van der Waals surface area contributed by atoms with Gasteiger partial charge in [0.1, 0.15) is 17.3 Å². The van der Waals surface area contributed by atoms with E-state index >= 15 is 0 Å². The lowest BCUT2D eigenvalue weighted by molar-refractivity contribution is 0.467. The molecule has 0 unspecified atom stereocenters. The van der Waals surface area contributed by atoms with E-state index in [1.165, 1.54) is 12.1 Å². The van der Waals surface area contributed by atoms with Gasteiger partial charge in [-0.2, -0.15) is 0 Å². The topological polar surface area (TPSA) is 21.3 Å². The molecule has 0 heterocycles. The van der Waals surface area contributed by atoms with Gasteiger partial charge in [-0.15, -0.1) is 0 Å². The second kappa shape index (κ2) is 7.78. The number of hydrogen-bond donors (Lipinski definition) is 1. The number of rotatable bonds is 6. The fourth-order valence-corrected chi connectivity index (χ4v) is 2.29. The molecule has 0 fully saturated rings. The minimum Gasteiger partial charge on any atom is -0.457 e. The number of halogens is 3. The molecule has 0 aliphatic carbocycles. The van der Waals surface area contributed by atoms with Crippen molar-refractivity contribution in [2.75, 3.05) is 6.54 Å². The van der Waals surface area contributed by atoms with E-state index in [0.717, 1.165) is 23.0 Å². The van der Waals surface area contributed by atoms with Crippen LogP contribution in [0.1, 0.15) is 18.9 Å². The van der Waals surface area contributed by atoms with Gasteiger partial charge in [-0.1, -0.05) is 40.5 Å². The summed E-state index contributed by atoms with van der Waals surface area (Å²) in [6, 6.07) is 10.2. The summed E-state index contributed by atoms with van der Waals surface area (Å²) in [4.78, 5) is 0. The standard InChI is InChI=1S/C16H16BrClFNO/c1-2-7-20-10-11-3-4-12(17)8-16(11)21-13-5-6-14(18)15(19)9-13/h3-6,8-9,20H,2,7,10H2,1H3. The van der Waals surface area contributed by atoms with Gasteiger partial charge in [-0.25, -0.2) is 4.39 Å².